The van der Waals surface area contributed by atoms with E-state index in [1.165, 1.54) is 23.5 Å². The predicted octanol–water partition coefficient (Wildman–Crippen LogP) is 2.50. The molecule has 2 heterocycles. The van der Waals surface area contributed by atoms with E-state index in [0.717, 1.165) is 16.0 Å². The van der Waals surface area contributed by atoms with Crippen LogP contribution >= 0.6 is 0 Å². The SMILES string of the molecule is CO[C@@H](C[C@@H]1CC[C@@H](O)CN1S(=O)(=O)c1ccc(C)cc1)C(=O)N1C(=O)OC[C@@H]1Cc1ccccc1. The van der Waals surface area contributed by atoms with Crippen molar-refractivity contribution in [2.24, 2.45) is 0 Å². The zero-order valence-electron chi connectivity index (χ0n) is 20.4. The van der Waals surface area contributed by atoms with Crippen molar-refractivity contribution in [1.82, 2.24) is 9.21 Å². The molecule has 194 valence electrons. The lowest BCUT2D eigenvalue weighted by atomic mass is 9.96. The van der Waals surface area contributed by atoms with Gasteiger partial charge in [-0.1, -0.05) is 48.0 Å². The van der Waals surface area contributed by atoms with E-state index >= 15 is 0 Å². The van der Waals surface area contributed by atoms with Crippen molar-refractivity contribution < 1.29 is 32.6 Å². The van der Waals surface area contributed by atoms with Gasteiger partial charge in [0.1, 0.15) is 12.7 Å². The molecule has 4 atom stereocenters. The van der Waals surface area contributed by atoms with E-state index in [1.807, 2.05) is 37.3 Å². The minimum atomic E-state index is -3.92. The number of hydrogen-bond donors (Lipinski definition) is 1. The number of amides is 2. The summed E-state index contributed by atoms with van der Waals surface area (Å²) in [6, 6.07) is 14.9. The van der Waals surface area contributed by atoms with Gasteiger partial charge in [-0.2, -0.15) is 4.31 Å². The number of piperidine rings is 1. The summed E-state index contributed by atoms with van der Waals surface area (Å²) >= 11 is 0. The summed E-state index contributed by atoms with van der Waals surface area (Å²) in [5.41, 5.74) is 1.89. The minimum Gasteiger partial charge on any atom is -0.447 e. The lowest BCUT2D eigenvalue weighted by molar-refractivity contribution is -0.141. The van der Waals surface area contributed by atoms with Crippen molar-refractivity contribution >= 4 is 22.0 Å². The first-order valence-electron chi connectivity index (χ1n) is 12.0. The van der Waals surface area contributed by atoms with Crippen LogP contribution in [0.15, 0.2) is 59.5 Å². The summed E-state index contributed by atoms with van der Waals surface area (Å²) < 4.78 is 38.9. The van der Waals surface area contributed by atoms with Crippen molar-refractivity contribution in [3.8, 4) is 0 Å². The second-order valence-electron chi connectivity index (χ2n) is 9.36. The Hall–Kier alpha value is -2.79. The summed E-state index contributed by atoms with van der Waals surface area (Å²) in [6.45, 7) is 1.88. The number of β-amino-alcohol motifs (C(OH)–C–C–N with tert-alkyl or cyclic N) is 1. The number of cyclic esters (lactones) is 1. The molecule has 0 unspecified atom stereocenters. The summed E-state index contributed by atoms with van der Waals surface area (Å²) in [5.74, 6) is -0.556. The van der Waals surface area contributed by atoms with E-state index < -0.39 is 46.3 Å². The van der Waals surface area contributed by atoms with Crippen LogP contribution in [0.5, 0.6) is 0 Å². The zero-order valence-corrected chi connectivity index (χ0v) is 21.3. The number of benzene rings is 2. The van der Waals surface area contributed by atoms with Crippen LogP contribution in [0.3, 0.4) is 0 Å². The number of nitrogens with zero attached hydrogens (tertiary/aromatic N) is 2. The summed E-state index contributed by atoms with van der Waals surface area (Å²) in [6.07, 6.45) is -1.33. The number of aryl methyl sites for hydroxylation is 1. The van der Waals surface area contributed by atoms with Crippen molar-refractivity contribution in [3.63, 3.8) is 0 Å². The predicted molar refractivity (Wildman–Crippen MR) is 132 cm³/mol. The zero-order chi connectivity index (χ0) is 25.9. The third kappa shape index (κ3) is 5.62. The molecule has 36 heavy (non-hydrogen) atoms. The first kappa shape index (κ1) is 26.3. The molecule has 0 bridgehead atoms. The van der Waals surface area contributed by atoms with E-state index in [-0.39, 0.29) is 24.5 Å². The lowest BCUT2D eigenvalue weighted by Gasteiger charge is -2.38. The molecular formula is C26H32N2O7S. The Morgan fingerprint density at radius 3 is 2.47 bits per heavy atom. The van der Waals surface area contributed by atoms with Crippen molar-refractivity contribution in [2.45, 2.75) is 61.8 Å². The lowest BCUT2D eigenvalue weighted by Crippen LogP contribution is -2.52. The fourth-order valence-electron chi connectivity index (χ4n) is 4.82. The number of methoxy groups -OCH3 is 1. The Labute approximate surface area is 211 Å². The van der Waals surface area contributed by atoms with Gasteiger partial charge in [0.05, 0.1) is 17.0 Å². The van der Waals surface area contributed by atoms with Crippen LogP contribution in [0, 0.1) is 6.92 Å². The van der Waals surface area contributed by atoms with Gasteiger partial charge in [0, 0.05) is 19.7 Å². The van der Waals surface area contributed by atoms with Gasteiger partial charge < -0.3 is 14.6 Å². The minimum absolute atomic E-state index is 0.0506. The Bertz CT molecular complexity index is 1170. The fourth-order valence-corrected chi connectivity index (χ4v) is 6.52. The first-order valence-corrected chi connectivity index (χ1v) is 13.5. The standard InChI is InChI=1S/C26H32N2O7S/c1-18-8-12-23(13-9-18)36(32,33)27-16-22(29)11-10-20(27)15-24(34-2)25(30)28-21(17-35-26(28)31)14-19-6-4-3-5-7-19/h3-9,12-13,20-22,24,29H,10-11,14-17H2,1-2H3/t20-,21-,22+,24-/m0/s1. The van der Waals surface area contributed by atoms with Crippen LogP contribution < -0.4 is 0 Å². The third-order valence-electron chi connectivity index (χ3n) is 6.82. The molecule has 10 heteroatoms. The number of carbonyl (C=O) groups excluding carboxylic acids is 2. The number of rotatable bonds is 8. The average molecular weight is 517 g/mol. The Morgan fingerprint density at radius 1 is 1.11 bits per heavy atom. The molecular weight excluding hydrogens is 484 g/mol. The molecule has 2 aromatic rings. The van der Waals surface area contributed by atoms with E-state index in [1.54, 1.807) is 12.1 Å². The second kappa shape index (κ2) is 11.1. The number of aliphatic hydroxyl groups is 1. The van der Waals surface area contributed by atoms with Crippen LogP contribution in [0.25, 0.3) is 0 Å². The van der Waals surface area contributed by atoms with E-state index in [0.29, 0.717) is 19.3 Å². The molecule has 2 aliphatic heterocycles. The largest absolute Gasteiger partial charge is 0.447 e. The highest BCUT2D eigenvalue weighted by atomic mass is 32.2. The van der Waals surface area contributed by atoms with Crippen LogP contribution in [0.4, 0.5) is 4.79 Å². The van der Waals surface area contributed by atoms with Gasteiger partial charge in [-0.3, -0.25) is 4.79 Å². The fraction of sp³-hybridized carbons (Fsp3) is 0.462. The summed E-state index contributed by atoms with van der Waals surface area (Å²) in [5, 5.41) is 10.3. The Morgan fingerprint density at radius 2 is 1.81 bits per heavy atom. The number of hydrogen-bond acceptors (Lipinski definition) is 7. The highest BCUT2D eigenvalue weighted by Crippen LogP contribution is 2.30. The van der Waals surface area contributed by atoms with Gasteiger partial charge in [-0.15, -0.1) is 0 Å². The molecule has 0 aliphatic carbocycles. The van der Waals surface area contributed by atoms with Crippen molar-refractivity contribution in [1.29, 1.82) is 0 Å². The van der Waals surface area contributed by atoms with E-state index in [9.17, 15) is 23.1 Å². The smallest absolute Gasteiger partial charge is 0.417 e. The number of carbonyl (C=O) groups is 2. The van der Waals surface area contributed by atoms with Gasteiger partial charge in [0.2, 0.25) is 10.0 Å². The van der Waals surface area contributed by atoms with Crippen LogP contribution in [-0.2, 0) is 30.7 Å². The van der Waals surface area contributed by atoms with Crippen LogP contribution in [0.1, 0.15) is 30.4 Å². The number of sulfonamides is 1. The molecule has 2 saturated heterocycles. The van der Waals surface area contributed by atoms with Gasteiger partial charge in [-0.25, -0.2) is 18.1 Å². The topological polar surface area (TPSA) is 113 Å². The highest BCUT2D eigenvalue weighted by Gasteiger charge is 2.44. The maximum Gasteiger partial charge on any atom is 0.417 e. The summed E-state index contributed by atoms with van der Waals surface area (Å²) in [7, 11) is -2.55. The molecule has 2 amide bonds. The van der Waals surface area contributed by atoms with E-state index in [4.69, 9.17) is 9.47 Å². The van der Waals surface area contributed by atoms with Gasteiger partial charge in [0.25, 0.3) is 5.91 Å². The molecule has 2 aliphatic rings. The highest BCUT2D eigenvalue weighted by molar-refractivity contribution is 7.89. The maximum absolute atomic E-state index is 13.5. The molecule has 4 rings (SSSR count). The van der Waals surface area contributed by atoms with Crippen LogP contribution in [0.2, 0.25) is 0 Å². The number of ether oxygens (including phenoxy) is 2. The van der Waals surface area contributed by atoms with Gasteiger partial charge in [0.15, 0.2) is 0 Å². The third-order valence-corrected chi connectivity index (χ3v) is 8.75. The number of aliphatic hydroxyl groups excluding tert-OH is 1. The molecule has 0 aromatic heterocycles. The molecule has 0 radical (unpaired) electrons. The average Bonchev–Trinajstić information content (AvgIpc) is 3.23. The molecule has 2 fully saturated rings. The Balaban J connectivity index is 1.54. The molecule has 1 N–H and O–H groups in total. The number of imide groups is 1. The van der Waals surface area contributed by atoms with Crippen molar-refractivity contribution in [2.75, 3.05) is 20.3 Å². The molecule has 0 spiro atoms. The maximum atomic E-state index is 13.5. The first-order chi connectivity index (χ1) is 17.2. The normalized spacial score (nSPS) is 23.9. The van der Waals surface area contributed by atoms with Crippen molar-refractivity contribution in [3.05, 3.63) is 65.7 Å². The van der Waals surface area contributed by atoms with Crippen LogP contribution in [-0.4, -0.2) is 79.3 Å². The van der Waals surface area contributed by atoms with E-state index in [2.05, 4.69) is 0 Å². The molecule has 9 nitrogen and oxygen atoms in total. The molecule has 2 aromatic carbocycles. The van der Waals surface area contributed by atoms with Gasteiger partial charge >= 0.3 is 6.09 Å². The second-order valence-corrected chi connectivity index (χ2v) is 11.3. The molecule has 0 saturated carbocycles. The van der Waals surface area contributed by atoms with Gasteiger partial charge in [-0.05, 0) is 50.3 Å². The summed E-state index contributed by atoms with van der Waals surface area (Å²) in [4.78, 5) is 27.2. The quantitative estimate of drug-likeness (QED) is 0.574. The Kier molecular flexibility index (Phi) is 8.09. The monoisotopic (exact) mass is 516 g/mol.